The molecule has 1 atom stereocenters. The molecule has 1 fully saturated rings. The summed E-state index contributed by atoms with van der Waals surface area (Å²) in [5.41, 5.74) is 4.52. The SMILES string of the molecule is Cc1ccc(NC(=O)N2CCS[C@]23C(=O)N(Cc2ccc(F)cc2)c2ccc(F)cc23)cc1C. The third-order valence-electron chi connectivity index (χ3n) is 6.41. The second-order valence-electron chi connectivity index (χ2n) is 8.55. The summed E-state index contributed by atoms with van der Waals surface area (Å²) in [4.78, 5) is 29.0. The number of carbonyl (C=O) groups is 2. The van der Waals surface area contributed by atoms with Crippen molar-refractivity contribution in [2.24, 2.45) is 0 Å². The predicted molar refractivity (Wildman–Crippen MR) is 130 cm³/mol. The van der Waals surface area contributed by atoms with Crippen LogP contribution in [0, 0.1) is 25.5 Å². The summed E-state index contributed by atoms with van der Waals surface area (Å²) in [5.74, 6) is -0.616. The van der Waals surface area contributed by atoms with Gasteiger partial charge in [0, 0.05) is 23.5 Å². The molecule has 0 saturated carbocycles. The van der Waals surface area contributed by atoms with Gasteiger partial charge in [0.05, 0.1) is 12.2 Å². The van der Waals surface area contributed by atoms with Crippen LogP contribution in [0.25, 0.3) is 0 Å². The maximum Gasteiger partial charge on any atom is 0.323 e. The quantitative estimate of drug-likeness (QED) is 0.535. The predicted octanol–water partition coefficient (Wildman–Crippen LogP) is 5.56. The molecule has 2 heterocycles. The smallest absolute Gasteiger partial charge is 0.308 e. The number of carbonyl (C=O) groups excluding carboxylic acids is 2. The molecule has 2 aliphatic rings. The summed E-state index contributed by atoms with van der Waals surface area (Å²) in [6, 6.07) is 15.3. The van der Waals surface area contributed by atoms with Crippen LogP contribution in [-0.2, 0) is 16.2 Å². The van der Waals surface area contributed by atoms with E-state index in [1.807, 2.05) is 32.0 Å². The number of nitrogens with zero attached hydrogens (tertiary/aromatic N) is 2. The summed E-state index contributed by atoms with van der Waals surface area (Å²) in [7, 11) is 0. The first-order chi connectivity index (χ1) is 16.3. The molecule has 3 amide bonds. The lowest BCUT2D eigenvalue weighted by molar-refractivity contribution is -0.123. The highest BCUT2D eigenvalue weighted by molar-refractivity contribution is 8.01. The number of urea groups is 1. The van der Waals surface area contributed by atoms with Crippen molar-refractivity contribution in [1.29, 1.82) is 0 Å². The van der Waals surface area contributed by atoms with Gasteiger partial charge in [0.2, 0.25) is 0 Å². The average molecular weight is 480 g/mol. The molecular weight excluding hydrogens is 456 g/mol. The number of hydrogen-bond acceptors (Lipinski definition) is 3. The number of halogens is 2. The zero-order chi connectivity index (χ0) is 24.0. The van der Waals surface area contributed by atoms with Crippen LogP contribution in [0.5, 0.6) is 0 Å². The van der Waals surface area contributed by atoms with Gasteiger partial charge in [-0.2, -0.15) is 0 Å². The van der Waals surface area contributed by atoms with E-state index in [0.29, 0.717) is 29.2 Å². The second-order valence-corrected chi connectivity index (χ2v) is 9.84. The molecule has 2 aliphatic heterocycles. The van der Waals surface area contributed by atoms with Gasteiger partial charge in [-0.25, -0.2) is 13.6 Å². The fourth-order valence-electron chi connectivity index (χ4n) is 4.53. The van der Waals surface area contributed by atoms with E-state index >= 15 is 0 Å². The second kappa shape index (κ2) is 8.43. The number of thioether (sulfide) groups is 1. The van der Waals surface area contributed by atoms with Crippen molar-refractivity contribution in [2.75, 3.05) is 22.5 Å². The van der Waals surface area contributed by atoms with Gasteiger partial charge in [0.25, 0.3) is 5.91 Å². The van der Waals surface area contributed by atoms with E-state index in [9.17, 15) is 18.4 Å². The van der Waals surface area contributed by atoms with Crippen LogP contribution < -0.4 is 10.2 Å². The number of nitrogens with one attached hydrogen (secondary N) is 1. The summed E-state index contributed by atoms with van der Waals surface area (Å²) in [6.07, 6.45) is 0. The average Bonchev–Trinajstić information content (AvgIpc) is 3.35. The monoisotopic (exact) mass is 479 g/mol. The Bertz CT molecular complexity index is 1300. The molecule has 174 valence electrons. The lowest BCUT2D eigenvalue weighted by atomic mass is 10.1. The van der Waals surface area contributed by atoms with E-state index in [1.165, 1.54) is 40.9 Å². The molecule has 1 spiro atoms. The molecule has 0 radical (unpaired) electrons. The van der Waals surface area contributed by atoms with E-state index in [1.54, 1.807) is 23.1 Å². The van der Waals surface area contributed by atoms with Crippen LogP contribution in [0.1, 0.15) is 22.3 Å². The fourth-order valence-corrected chi connectivity index (χ4v) is 5.98. The van der Waals surface area contributed by atoms with Crippen LogP contribution in [0.3, 0.4) is 0 Å². The highest BCUT2D eigenvalue weighted by Crippen LogP contribution is 2.54. The van der Waals surface area contributed by atoms with Crippen molar-refractivity contribution in [2.45, 2.75) is 25.3 Å². The first-order valence-electron chi connectivity index (χ1n) is 11.0. The highest BCUT2D eigenvalue weighted by Gasteiger charge is 2.59. The number of benzene rings is 3. The largest absolute Gasteiger partial charge is 0.323 e. The van der Waals surface area contributed by atoms with E-state index in [0.717, 1.165) is 16.7 Å². The minimum atomic E-state index is -1.36. The summed E-state index contributed by atoms with van der Waals surface area (Å²) in [5, 5.41) is 2.91. The number of fused-ring (bicyclic) bond motifs is 2. The molecule has 5 rings (SSSR count). The molecule has 1 saturated heterocycles. The van der Waals surface area contributed by atoms with Crippen LogP contribution >= 0.6 is 11.8 Å². The summed E-state index contributed by atoms with van der Waals surface area (Å²) in [6.45, 7) is 4.48. The Morgan fingerprint density at radius 3 is 2.47 bits per heavy atom. The Hall–Kier alpha value is -3.39. The van der Waals surface area contributed by atoms with Crippen molar-refractivity contribution in [3.05, 3.63) is 94.6 Å². The van der Waals surface area contributed by atoms with Gasteiger partial charge in [0.15, 0.2) is 4.87 Å². The molecular formula is C26H23F2N3O2S. The topological polar surface area (TPSA) is 52.7 Å². The highest BCUT2D eigenvalue weighted by atomic mass is 32.2. The zero-order valence-corrected chi connectivity index (χ0v) is 19.6. The van der Waals surface area contributed by atoms with Gasteiger partial charge in [0.1, 0.15) is 11.6 Å². The molecule has 1 N–H and O–H groups in total. The van der Waals surface area contributed by atoms with E-state index in [2.05, 4.69) is 5.32 Å². The number of hydrogen-bond donors (Lipinski definition) is 1. The van der Waals surface area contributed by atoms with Crippen molar-refractivity contribution in [3.8, 4) is 0 Å². The Labute approximate surface area is 200 Å². The lowest BCUT2D eigenvalue weighted by Gasteiger charge is -2.33. The Morgan fingerprint density at radius 2 is 1.74 bits per heavy atom. The van der Waals surface area contributed by atoms with Gasteiger partial charge in [-0.3, -0.25) is 9.69 Å². The van der Waals surface area contributed by atoms with E-state index in [4.69, 9.17) is 0 Å². The third kappa shape index (κ3) is 3.62. The van der Waals surface area contributed by atoms with Crippen LogP contribution in [0.15, 0.2) is 60.7 Å². The van der Waals surface area contributed by atoms with Gasteiger partial charge in [-0.1, -0.05) is 18.2 Å². The minimum Gasteiger partial charge on any atom is -0.308 e. The molecule has 0 unspecified atom stereocenters. The minimum absolute atomic E-state index is 0.187. The first kappa shape index (κ1) is 22.4. The summed E-state index contributed by atoms with van der Waals surface area (Å²) >= 11 is 1.33. The van der Waals surface area contributed by atoms with Crippen molar-refractivity contribution in [3.63, 3.8) is 0 Å². The Kier molecular flexibility index (Phi) is 5.56. The lowest BCUT2D eigenvalue weighted by Crippen LogP contribution is -2.51. The van der Waals surface area contributed by atoms with Crippen molar-refractivity contribution in [1.82, 2.24) is 4.90 Å². The van der Waals surface area contributed by atoms with Gasteiger partial charge >= 0.3 is 6.03 Å². The molecule has 0 bridgehead atoms. The van der Waals surface area contributed by atoms with E-state index in [-0.39, 0.29) is 18.3 Å². The number of aryl methyl sites for hydroxylation is 2. The maximum atomic E-state index is 14.4. The van der Waals surface area contributed by atoms with Crippen LogP contribution in [0.2, 0.25) is 0 Å². The Balaban J connectivity index is 1.52. The van der Waals surface area contributed by atoms with Crippen molar-refractivity contribution < 1.29 is 18.4 Å². The maximum absolute atomic E-state index is 14.4. The number of anilines is 2. The van der Waals surface area contributed by atoms with Gasteiger partial charge in [-0.15, -0.1) is 11.8 Å². The molecule has 0 aromatic heterocycles. The van der Waals surface area contributed by atoms with Crippen molar-refractivity contribution >= 4 is 35.1 Å². The zero-order valence-electron chi connectivity index (χ0n) is 18.8. The standard InChI is InChI=1S/C26H23F2N3O2S/c1-16-3-9-21(13-17(16)2)29-25(33)31-11-12-34-26(31)22-14-20(28)8-10-23(22)30(24(26)32)15-18-4-6-19(27)7-5-18/h3-10,13-14H,11-12,15H2,1-2H3,(H,29,33)/t26-/m1/s1. The van der Waals surface area contributed by atoms with E-state index < -0.39 is 16.7 Å². The number of amides is 3. The molecule has 3 aromatic rings. The van der Waals surface area contributed by atoms with Gasteiger partial charge < -0.3 is 10.2 Å². The molecule has 5 nitrogen and oxygen atoms in total. The molecule has 0 aliphatic carbocycles. The number of rotatable bonds is 3. The first-order valence-corrected chi connectivity index (χ1v) is 11.9. The molecule has 34 heavy (non-hydrogen) atoms. The van der Waals surface area contributed by atoms with Gasteiger partial charge in [-0.05, 0) is 73.0 Å². The molecule has 3 aromatic carbocycles. The summed E-state index contributed by atoms with van der Waals surface area (Å²) < 4.78 is 27.8. The third-order valence-corrected chi connectivity index (χ3v) is 7.83. The fraction of sp³-hybridized carbons (Fsp3) is 0.231. The molecule has 8 heteroatoms. The van der Waals surface area contributed by atoms with Crippen LogP contribution in [-0.4, -0.2) is 29.1 Å². The van der Waals surface area contributed by atoms with Crippen LogP contribution in [0.4, 0.5) is 25.0 Å². The normalized spacial score (nSPS) is 19.1. The Morgan fingerprint density at radius 1 is 1.00 bits per heavy atom.